The number of nitrogens with zero attached hydrogens (tertiary/aromatic N) is 1. The molecule has 0 spiro atoms. The number of fused-ring (bicyclic) bond motifs is 1. The summed E-state index contributed by atoms with van der Waals surface area (Å²) in [6.45, 7) is 3.26. The zero-order valence-electron chi connectivity index (χ0n) is 10.9. The largest absolute Gasteiger partial charge is 0.481 e. The minimum absolute atomic E-state index is 0.0173. The second-order valence-corrected chi connectivity index (χ2v) is 5.82. The minimum Gasteiger partial charge on any atom is -0.481 e. The van der Waals surface area contributed by atoms with Crippen LogP contribution in [0.4, 0.5) is 0 Å². The van der Waals surface area contributed by atoms with Gasteiger partial charge in [0, 0.05) is 26.2 Å². The van der Waals surface area contributed by atoms with E-state index in [9.17, 15) is 9.59 Å². The lowest BCUT2D eigenvalue weighted by molar-refractivity contribution is -0.139. The normalized spacial score (nSPS) is 37.1. The molecule has 1 amide bonds. The number of rotatable bonds is 5. The van der Waals surface area contributed by atoms with Crippen molar-refractivity contribution in [1.29, 1.82) is 0 Å². The highest BCUT2D eigenvalue weighted by atomic mass is 16.5. The highest BCUT2D eigenvalue weighted by molar-refractivity contribution is 5.78. The Kier molecular flexibility index (Phi) is 3.45. The fraction of sp³-hybridized carbons (Fsp3) is 0.846. The lowest BCUT2D eigenvalue weighted by atomic mass is 10.2. The number of carboxylic acid groups (broad SMARTS) is 1. The Balaban J connectivity index is 1.34. The summed E-state index contributed by atoms with van der Waals surface area (Å²) in [6.07, 6.45) is 2.27. The molecule has 3 aliphatic rings. The Morgan fingerprint density at radius 1 is 1.32 bits per heavy atom. The molecule has 0 radical (unpaired) electrons. The van der Waals surface area contributed by atoms with Gasteiger partial charge in [-0.3, -0.25) is 14.5 Å². The number of carbonyl (C=O) groups is 2. The molecule has 2 aliphatic heterocycles. The van der Waals surface area contributed by atoms with Gasteiger partial charge in [0.25, 0.3) is 0 Å². The van der Waals surface area contributed by atoms with E-state index in [1.165, 1.54) is 0 Å². The molecular weight excluding hydrogens is 248 g/mol. The van der Waals surface area contributed by atoms with Gasteiger partial charge in [-0.05, 0) is 24.7 Å². The van der Waals surface area contributed by atoms with Crippen molar-refractivity contribution in [2.45, 2.75) is 18.9 Å². The molecule has 0 aromatic heterocycles. The Labute approximate surface area is 112 Å². The van der Waals surface area contributed by atoms with Gasteiger partial charge in [0.1, 0.15) is 0 Å². The Morgan fingerprint density at radius 2 is 2.05 bits per heavy atom. The Bertz CT molecular complexity index is 369. The predicted molar refractivity (Wildman–Crippen MR) is 66.5 cm³/mol. The predicted octanol–water partition coefficient (Wildman–Crippen LogP) is -0.456. The van der Waals surface area contributed by atoms with Crippen molar-refractivity contribution < 1.29 is 19.4 Å². The molecule has 2 saturated heterocycles. The first kappa shape index (κ1) is 12.9. The fourth-order valence-electron chi connectivity index (χ4n) is 3.40. The monoisotopic (exact) mass is 268 g/mol. The second-order valence-electron chi connectivity index (χ2n) is 5.82. The van der Waals surface area contributed by atoms with E-state index in [2.05, 4.69) is 10.2 Å². The van der Waals surface area contributed by atoms with E-state index >= 15 is 0 Å². The molecule has 3 rings (SSSR count). The highest BCUT2D eigenvalue weighted by Crippen LogP contribution is 2.51. The molecule has 0 aromatic carbocycles. The van der Waals surface area contributed by atoms with Gasteiger partial charge in [0.2, 0.25) is 5.91 Å². The minimum atomic E-state index is -0.683. The van der Waals surface area contributed by atoms with Crippen LogP contribution in [0.1, 0.15) is 12.8 Å². The van der Waals surface area contributed by atoms with Crippen LogP contribution in [0.2, 0.25) is 0 Å². The number of carboxylic acids is 1. The molecule has 1 saturated carbocycles. The molecule has 4 atom stereocenters. The van der Waals surface area contributed by atoms with Crippen molar-refractivity contribution >= 4 is 11.9 Å². The number of aliphatic carboxylic acids is 1. The molecule has 106 valence electrons. The summed E-state index contributed by atoms with van der Waals surface area (Å²) in [5.41, 5.74) is 0. The third kappa shape index (κ3) is 2.74. The van der Waals surface area contributed by atoms with Crippen LogP contribution >= 0.6 is 0 Å². The quantitative estimate of drug-likeness (QED) is 0.705. The SMILES string of the molecule is O=C(CN1C[C@@H]2C(C(=O)O)[C@@H]2C1)NC[C@H]1CCCO1. The number of hydrogen-bond donors (Lipinski definition) is 2. The number of carbonyl (C=O) groups excluding carboxylic acids is 1. The van der Waals surface area contributed by atoms with E-state index in [1.54, 1.807) is 0 Å². The van der Waals surface area contributed by atoms with E-state index < -0.39 is 5.97 Å². The average molecular weight is 268 g/mol. The molecule has 0 bridgehead atoms. The van der Waals surface area contributed by atoms with Gasteiger partial charge in [0.15, 0.2) is 0 Å². The van der Waals surface area contributed by atoms with Gasteiger partial charge in [-0.1, -0.05) is 0 Å². The smallest absolute Gasteiger partial charge is 0.307 e. The van der Waals surface area contributed by atoms with Crippen molar-refractivity contribution in [2.75, 3.05) is 32.8 Å². The van der Waals surface area contributed by atoms with Crippen LogP contribution < -0.4 is 5.32 Å². The van der Waals surface area contributed by atoms with E-state index in [0.717, 1.165) is 32.5 Å². The van der Waals surface area contributed by atoms with E-state index in [0.29, 0.717) is 13.1 Å². The third-order valence-corrected chi connectivity index (χ3v) is 4.47. The van der Waals surface area contributed by atoms with Crippen molar-refractivity contribution in [1.82, 2.24) is 10.2 Å². The first-order chi connectivity index (χ1) is 9.15. The van der Waals surface area contributed by atoms with Gasteiger partial charge in [0.05, 0.1) is 18.6 Å². The summed E-state index contributed by atoms with van der Waals surface area (Å²) in [4.78, 5) is 24.7. The number of likely N-dealkylation sites (tertiary alicyclic amines) is 1. The van der Waals surface area contributed by atoms with Gasteiger partial charge in [-0.2, -0.15) is 0 Å². The standard InChI is InChI=1S/C13H20N2O4/c16-11(14-4-8-2-1-3-19-8)7-15-5-9-10(6-15)12(9)13(17)18/h8-10,12H,1-7H2,(H,14,16)(H,17,18)/t8-,9-,10+,12?/m1/s1. The molecule has 2 heterocycles. The topological polar surface area (TPSA) is 78.9 Å². The van der Waals surface area contributed by atoms with E-state index in [1.807, 2.05) is 0 Å². The third-order valence-electron chi connectivity index (χ3n) is 4.47. The summed E-state index contributed by atoms with van der Waals surface area (Å²) in [5.74, 6) is -0.292. The van der Waals surface area contributed by atoms with Gasteiger partial charge < -0.3 is 15.2 Å². The number of amides is 1. The van der Waals surface area contributed by atoms with Crippen LogP contribution in [0.25, 0.3) is 0 Å². The molecule has 0 aromatic rings. The maximum Gasteiger partial charge on any atom is 0.307 e. The van der Waals surface area contributed by atoms with Gasteiger partial charge in [-0.25, -0.2) is 0 Å². The highest BCUT2D eigenvalue weighted by Gasteiger charge is 2.59. The van der Waals surface area contributed by atoms with E-state index in [-0.39, 0.29) is 29.8 Å². The molecule has 6 nitrogen and oxygen atoms in total. The zero-order chi connectivity index (χ0) is 13.4. The molecule has 19 heavy (non-hydrogen) atoms. The van der Waals surface area contributed by atoms with Crippen molar-refractivity contribution in [2.24, 2.45) is 17.8 Å². The van der Waals surface area contributed by atoms with Crippen molar-refractivity contribution in [3.8, 4) is 0 Å². The van der Waals surface area contributed by atoms with Crippen LogP contribution in [0.5, 0.6) is 0 Å². The van der Waals surface area contributed by atoms with Crippen LogP contribution in [0.3, 0.4) is 0 Å². The molecule has 6 heteroatoms. The molecule has 3 fully saturated rings. The number of nitrogens with one attached hydrogen (secondary N) is 1. The summed E-state index contributed by atoms with van der Waals surface area (Å²) in [7, 11) is 0. The summed E-state index contributed by atoms with van der Waals surface area (Å²) < 4.78 is 5.44. The number of piperidine rings is 1. The Hall–Kier alpha value is -1.14. The second kappa shape index (κ2) is 5.09. The zero-order valence-corrected chi connectivity index (χ0v) is 10.9. The molecule has 2 N–H and O–H groups in total. The van der Waals surface area contributed by atoms with Crippen molar-refractivity contribution in [3.63, 3.8) is 0 Å². The van der Waals surface area contributed by atoms with E-state index in [4.69, 9.17) is 9.84 Å². The van der Waals surface area contributed by atoms with Gasteiger partial charge in [-0.15, -0.1) is 0 Å². The van der Waals surface area contributed by atoms with Gasteiger partial charge >= 0.3 is 5.97 Å². The van der Waals surface area contributed by atoms with Crippen LogP contribution in [-0.4, -0.2) is 60.8 Å². The number of hydrogen-bond acceptors (Lipinski definition) is 4. The van der Waals surface area contributed by atoms with Crippen LogP contribution in [-0.2, 0) is 14.3 Å². The summed E-state index contributed by atoms with van der Waals surface area (Å²) in [6, 6.07) is 0. The fourth-order valence-corrected chi connectivity index (χ4v) is 3.40. The molecule has 1 aliphatic carbocycles. The van der Waals surface area contributed by atoms with Crippen molar-refractivity contribution in [3.05, 3.63) is 0 Å². The van der Waals surface area contributed by atoms with Crippen LogP contribution in [0.15, 0.2) is 0 Å². The Morgan fingerprint density at radius 3 is 2.63 bits per heavy atom. The molecular formula is C13H20N2O4. The van der Waals surface area contributed by atoms with Crippen LogP contribution in [0, 0.1) is 17.8 Å². The first-order valence-electron chi connectivity index (χ1n) is 6.98. The summed E-state index contributed by atoms with van der Waals surface area (Å²) in [5, 5.41) is 11.8. The lowest BCUT2D eigenvalue weighted by Crippen LogP contribution is -2.40. The lowest BCUT2D eigenvalue weighted by Gasteiger charge is -2.18. The number of ether oxygens (including phenoxy) is 1. The average Bonchev–Trinajstić information content (AvgIpc) is 2.78. The first-order valence-corrected chi connectivity index (χ1v) is 6.98. The molecule has 1 unspecified atom stereocenters. The summed E-state index contributed by atoms with van der Waals surface area (Å²) >= 11 is 0. The maximum atomic E-state index is 11.8. The maximum absolute atomic E-state index is 11.8.